The van der Waals surface area contributed by atoms with Crippen LogP contribution in [-0.4, -0.2) is 62.4 Å². The zero-order valence-corrected chi connectivity index (χ0v) is 13.7. The van der Waals surface area contributed by atoms with Crippen LogP contribution in [0.2, 0.25) is 0 Å². The molecule has 0 radical (unpaired) electrons. The number of nitrogens with zero attached hydrogens (tertiary/aromatic N) is 1. The van der Waals surface area contributed by atoms with Gasteiger partial charge in [-0.1, -0.05) is 0 Å². The molecular formula is C16H30N2O3. The molecule has 1 heterocycles. The molecule has 2 fully saturated rings. The highest BCUT2D eigenvalue weighted by Crippen LogP contribution is 2.25. The number of hydrogen-bond acceptors (Lipinski definition) is 5. The van der Waals surface area contributed by atoms with E-state index in [2.05, 4.69) is 10.2 Å². The standard InChI is InChI=1S/C16H30N2O3/c1-4-21-15(19)16(2,17-14-5-6-14)12-18-9-7-13(8-10-18)11-20-3/h13-14,17H,4-12H2,1-3H3. The molecule has 1 unspecified atom stereocenters. The van der Waals surface area contributed by atoms with Crippen molar-refractivity contribution in [3.63, 3.8) is 0 Å². The third kappa shape index (κ3) is 4.94. The van der Waals surface area contributed by atoms with Crippen LogP contribution in [0, 0.1) is 5.92 Å². The number of carbonyl (C=O) groups excluding carboxylic acids is 1. The monoisotopic (exact) mass is 298 g/mol. The highest BCUT2D eigenvalue weighted by atomic mass is 16.5. The van der Waals surface area contributed by atoms with Crippen molar-refractivity contribution in [2.24, 2.45) is 5.92 Å². The summed E-state index contributed by atoms with van der Waals surface area (Å²) < 4.78 is 10.5. The average molecular weight is 298 g/mol. The van der Waals surface area contributed by atoms with Crippen molar-refractivity contribution < 1.29 is 14.3 Å². The Balaban J connectivity index is 1.88. The minimum atomic E-state index is -0.578. The van der Waals surface area contributed by atoms with E-state index in [-0.39, 0.29) is 5.97 Å². The van der Waals surface area contributed by atoms with Gasteiger partial charge in [-0.2, -0.15) is 0 Å². The van der Waals surface area contributed by atoms with Gasteiger partial charge in [-0.05, 0) is 58.5 Å². The molecular weight excluding hydrogens is 268 g/mol. The molecule has 5 heteroatoms. The fraction of sp³-hybridized carbons (Fsp3) is 0.938. The number of likely N-dealkylation sites (tertiary alicyclic amines) is 1. The smallest absolute Gasteiger partial charge is 0.327 e. The first-order chi connectivity index (χ1) is 10.1. The Labute approximate surface area is 128 Å². The van der Waals surface area contributed by atoms with Crippen LogP contribution in [0.5, 0.6) is 0 Å². The minimum absolute atomic E-state index is 0.115. The molecule has 1 saturated carbocycles. The van der Waals surface area contributed by atoms with Gasteiger partial charge in [0.05, 0.1) is 6.61 Å². The molecule has 1 aliphatic heterocycles. The molecule has 21 heavy (non-hydrogen) atoms. The summed E-state index contributed by atoms with van der Waals surface area (Å²) in [6.07, 6.45) is 4.64. The van der Waals surface area contributed by atoms with Gasteiger partial charge in [0.1, 0.15) is 5.54 Å². The maximum atomic E-state index is 12.3. The summed E-state index contributed by atoms with van der Waals surface area (Å²) in [7, 11) is 1.77. The Hall–Kier alpha value is -0.650. The third-order valence-corrected chi connectivity index (χ3v) is 4.48. The number of ether oxygens (including phenoxy) is 2. The van der Waals surface area contributed by atoms with Gasteiger partial charge in [0.25, 0.3) is 0 Å². The summed E-state index contributed by atoms with van der Waals surface area (Å²) in [4.78, 5) is 14.7. The summed E-state index contributed by atoms with van der Waals surface area (Å²) in [5, 5.41) is 3.49. The number of piperidine rings is 1. The Bertz CT molecular complexity index is 338. The van der Waals surface area contributed by atoms with E-state index >= 15 is 0 Å². The van der Waals surface area contributed by atoms with E-state index in [1.54, 1.807) is 7.11 Å². The zero-order valence-electron chi connectivity index (χ0n) is 13.7. The van der Waals surface area contributed by atoms with Crippen molar-refractivity contribution in [2.75, 3.05) is 40.0 Å². The van der Waals surface area contributed by atoms with Gasteiger partial charge in [-0.3, -0.25) is 10.1 Å². The number of esters is 1. The molecule has 1 aliphatic carbocycles. The maximum Gasteiger partial charge on any atom is 0.327 e. The largest absolute Gasteiger partial charge is 0.465 e. The highest BCUT2D eigenvalue weighted by molar-refractivity contribution is 5.80. The van der Waals surface area contributed by atoms with Crippen LogP contribution >= 0.6 is 0 Å². The van der Waals surface area contributed by atoms with Crippen LogP contribution in [0.1, 0.15) is 39.5 Å². The van der Waals surface area contributed by atoms with Crippen LogP contribution in [0.25, 0.3) is 0 Å². The quantitative estimate of drug-likeness (QED) is 0.687. The van der Waals surface area contributed by atoms with Gasteiger partial charge in [0.2, 0.25) is 0 Å². The molecule has 1 N–H and O–H groups in total. The summed E-state index contributed by atoms with van der Waals surface area (Å²) in [6, 6.07) is 0.491. The Kier molecular flexibility index (Phi) is 6.02. The molecule has 0 aromatic carbocycles. The lowest BCUT2D eigenvalue weighted by Gasteiger charge is -2.38. The lowest BCUT2D eigenvalue weighted by atomic mass is 9.95. The van der Waals surface area contributed by atoms with Crippen molar-refractivity contribution in [1.82, 2.24) is 10.2 Å². The molecule has 0 aromatic heterocycles. The number of nitrogens with one attached hydrogen (secondary N) is 1. The van der Waals surface area contributed by atoms with Gasteiger partial charge in [-0.15, -0.1) is 0 Å². The van der Waals surface area contributed by atoms with Crippen LogP contribution < -0.4 is 5.32 Å². The van der Waals surface area contributed by atoms with Gasteiger partial charge >= 0.3 is 5.97 Å². The van der Waals surface area contributed by atoms with E-state index in [1.165, 1.54) is 12.8 Å². The molecule has 1 saturated heterocycles. The molecule has 5 nitrogen and oxygen atoms in total. The number of rotatable bonds is 8. The molecule has 0 bridgehead atoms. The SMILES string of the molecule is CCOC(=O)C(C)(CN1CCC(COC)CC1)NC1CC1. The normalized spacial score (nSPS) is 23.8. The van der Waals surface area contributed by atoms with Gasteiger partial charge in [0.15, 0.2) is 0 Å². The van der Waals surface area contributed by atoms with Crippen LogP contribution in [0.4, 0.5) is 0 Å². The lowest BCUT2D eigenvalue weighted by molar-refractivity contribution is -0.151. The first kappa shape index (κ1) is 16.7. The zero-order chi connectivity index (χ0) is 15.3. The fourth-order valence-corrected chi connectivity index (χ4v) is 3.13. The van der Waals surface area contributed by atoms with Crippen LogP contribution in [-0.2, 0) is 14.3 Å². The van der Waals surface area contributed by atoms with E-state index in [9.17, 15) is 4.79 Å². The Morgan fingerprint density at radius 3 is 2.48 bits per heavy atom. The van der Waals surface area contributed by atoms with Gasteiger partial charge < -0.3 is 14.4 Å². The lowest BCUT2D eigenvalue weighted by Crippen LogP contribution is -2.59. The second kappa shape index (κ2) is 7.56. The van der Waals surface area contributed by atoms with Crippen LogP contribution in [0.15, 0.2) is 0 Å². The maximum absolute atomic E-state index is 12.3. The van der Waals surface area contributed by atoms with E-state index in [0.29, 0.717) is 18.6 Å². The summed E-state index contributed by atoms with van der Waals surface area (Å²) in [5.41, 5.74) is -0.578. The molecule has 2 rings (SSSR count). The van der Waals surface area contributed by atoms with E-state index in [1.807, 2.05) is 13.8 Å². The minimum Gasteiger partial charge on any atom is -0.465 e. The van der Waals surface area contributed by atoms with Gasteiger partial charge in [0, 0.05) is 26.3 Å². The highest BCUT2D eigenvalue weighted by Gasteiger charge is 2.41. The molecule has 0 amide bonds. The van der Waals surface area contributed by atoms with Crippen LogP contribution in [0.3, 0.4) is 0 Å². The Morgan fingerprint density at radius 2 is 1.95 bits per heavy atom. The van der Waals surface area contributed by atoms with Crippen molar-refractivity contribution >= 4 is 5.97 Å². The predicted molar refractivity (Wildman–Crippen MR) is 82.2 cm³/mol. The molecule has 2 aliphatic rings. The van der Waals surface area contributed by atoms with E-state index in [0.717, 1.165) is 39.1 Å². The molecule has 0 aromatic rings. The summed E-state index contributed by atoms with van der Waals surface area (Å²) in [6.45, 7) is 7.96. The van der Waals surface area contributed by atoms with Crippen molar-refractivity contribution in [3.05, 3.63) is 0 Å². The van der Waals surface area contributed by atoms with Crippen molar-refractivity contribution in [3.8, 4) is 0 Å². The molecule has 122 valence electrons. The second-order valence-corrected chi connectivity index (χ2v) is 6.65. The fourth-order valence-electron chi connectivity index (χ4n) is 3.13. The molecule has 1 atom stereocenters. The first-order valence-corrected chi connectivity index (χ1v) is 8.23. The molecule has 0 spiro atoms. The van der Waals surface area contributed by atoms with Gasteiger partial charge in [-0.25, -0.2) is 0 Å². The summed E-state index contributed by atoms with van der Waals surface area (Å²) >= 11 is 0. The van der Waals surface area contributed by atoms with E-state index < -0.39 is 5.54 Å². The van der Waals surface area contributed by atoms with E-state index in [4.69, 9.17) is 9.47 Å². The van der Waals surface area contributed by atoms with Crippen molar-refractivity contribution in [2.45, 2.75) is 51.1 Å². The Morgan fingerprint density at radius 1 is 1.29 bits per heavy atom. The average Bonchev–Trinajstić information content (AvgIpc) is 3.25. The number of methoxy groups -OCH3 is 1. The van der Waals surface area contributed by atoms with Crippen molar-refractivity contribution in [1.29, 1.82) is 0 Å². The number of carbonyl (C=O) groups is 1. The first-order valence-electron chi connectivity index (χ1n) is 8.23. The second-order valence-electron chi connectivity index (χ2n) is 6.65. The third-order valence-electron chi connectivity index (χ3n) is 4.48. The topological polar surface area (TPSA) is 50.8 Å². The number of hydrogen-bond donors (Lipinski definition) is 1. The summed E-state index contributed by atoms with van der Waals surface area (Å²) in [5.74, 6) is 0.549. The predicted octanol–water partition coefficient (Wildman–Crippen LogP) is 1.42.